The van der Waals surface area contributed by atoms with Gasteiger partial charge in [0.15, 0.2) is 0 Å². The zero-order valence-electron chi connectivity index (χ0n) is 10.8. The van der Waals surface area contributed by atoms with E-state index in [0.29, 0.717) is 0 Å². The average Bonchev–Trinajstić information content (AvgIpc) is 2.41. The van der Waals surface area contributed by atoms with Gasteiger partial charge in [-0.15, -0.1) is 0 Å². The molecule has 2 rings (SSSR count). The monoisotopic (exact) mass is 243 g/mol. The zero-order chi connectivity index (χ0) is 12.6. The minimum atomic E-state index is 0.848. The first-order chi connectivity index (χ1) is 8.84. The molecule has 2 nitrogen and oxygen atoms in total. The summed E-state index contributed by atoms with van der Waals surface area (Å²) < 4.78 is 5.33. The predicted octanol–water partition coefficient (Wildman–Crippen LogP) is 2.67. The van der Waals surface area contributed by atoms with Gasteiger partial charge in [-0.05, 0) is 17.6 Å². The number of nitrogens with zero attached hydrogens (tertiary/aromatic N) is 1. The largest absolute Gasteiger partial charge is 0.379 e. The molecular weight excluding hydrogens is 222 g/mol. The van der Waals surface area contributed by atoms with E-state index in [4.69, 9.17) is 4.74 Å². The molecule has 1 aliphatic rings. The van der Waals surface area contributed by atoms with Crippen LogP contribution >= 0.6 is 0 Å². The number of allylic oxidation sites excluding steroid dienone is 1. The number of morpholine rings is 1. The van der Waals surface area contributed by atoms with Crippen LogP contribution in [0.25, 0.3) is 0 Å². The average molecular weight is 243 g/mol. The van der Waals surface area contributed by atoms with Gasteiger partial charge in [-0.1, -0.05) is 49.1 Å². The highest BCUT2D eigenvalue weighted by Gasteiger charge is 2.09. The van der Waals surface area contributed by atoms with Gasteiger partial charge in [-0.2, -0.15) is 0 Å². The van der Waals surface area contributed by atoms with Crippen molar-refractivity contribution in [2.75, 3.05) is 32.8 Å². The van der Waals surface area contributed by atoms with Crippen molar-refractivity contribution in [1.29, 1.82) is 0 Å². The fourth-order valence-corrected chi connectivity index (χ4v) is 2.07. The van der Waals surface area contributed by atoms with E-state index in [1.165, 1.54) is 11.1 Å². The molecule has 1 fully saturated rings. The standard InChI is InChI=1S/C16H21NO/c1-15(14-17-10-12-18-13-11-17)6-5-9-16-7-3-2-4-8-16/h2-8H,1,9-14H2/b6-5+. The number of hydrogen-bond acceptors (Lipinski definition) is 2. The molecule has 0 unspecified atom stereocenters. The minimum absolute atomic E-state index is 0.848. The Morgan fingerprint density at radius 2 is 1.94 bits per heavy atom. The summed E-state index contributed by atoms with van der Waals surface area (Å²) in [5.74, 6) is 0. The molecule has 1 aliphatic heterocycles. The third-order valence-corrected chi connectivity index (χ3v) is 3.08. The molecule has 1 aromatic carbocycles. The van der Waals surface area contributed by atoms with Gasteiger partial charge >= 0.3 is 0 Å². The van der Waals surface area contributed by atoms with Crippen molar-refractivity contribution in [3.05, 3.63) is 60.2 Å². The molecular formula is C16H21NO. The second-order valence-corrected chi connectivity index (χ2v) is 4.64. The summed E-state index contributed by atoms with van der Waals surface area (Å²) in [5.41, 5.74) is 2.51. The van der Waals surface area contributed by atoms with Crippen molar-refractivity contribution in [1.82, 2.24) is 4.90 Å². The summed E-state index contributed by atoms with van der Waals surface area (Å²) in [4.78, 5) is 2.39. The predicted molar refractivity (Wildman–Crippen MR) is 75.7 cm³/mol. The first-order valence-corrected chi connectivity index (χ1v) is 6.53. The molecule has 0 radical (unpaired) electrons. The lowest BCUT2D eigenvalue weighted by Gasteiger charge is -2.26. The van der Waals surface area contributed by atoms with Gasteiger partial charge in [-0.25, -0.2) is 0 Å². The van der Waals surface area contributed by atoms with Crippen molar-refractivity contribution in [2.24, 2.45) is 0 Å². The van der Waals surface area contributed by atoms with Crippen LogP contribution in [-0.2, 0) is 11.2 Å². The molecule has 18 heavy (non-hydrogen) atoms. The number of hydrogen-bond donors (Lipinski definition) is 0. The molecule has 0 spiro atoms. The van der Waals surface area contributed by atoms with Gasteiger partial charge in [0.1, 0.15) is 0 Å². The number of ether oxygens (including phenoxy) is 1. The van der Waals surface area contributed by atoms with Crippen LogP contribution in [-0.4, -0.2) is 37.7 Å². The molecule has 1 aromatic rings. The molecule has 2 heteroatoms. The first-order valence-electron chi connectivity index (χ1n) is 6.53. The molecule has 96 valence electrons. The summed E-state index contributed by atoms with van der Waals surface area (Å²) in [6, 6.07) is 10.5. The fraction of sp³-hybridized carbons (Fsp3) is 0.375. The Hall–Kier alpha value is -1.38. The smallest absolute Gasteiger partial charge is 0.0594 e. The Labute approximate surface area is 110 Å². The molecule has 0 amide bonds. The maximum absolute atomic E-state index is 5.33. The van der Waals surface area contributed by atoms with Crippen molar-refractivity contribution >= 4 is 0 Å². The Morgan fingerprint density at radius 1 is 1.22 bits per heavy atom. The van der Waals surface area contributed by atoms with Gasteiger partial charge in [0, 0.05) is 19.6 Å². The highest BCUT2D eigenvalue weighted by atomic mass is 16.5. The zero-order valence-corrected chi connectivity index (χ0v) is 10.8. The number of rotatable bonds is 5. The molecule has 0 saturated carbocycles. The molecule has 0 atom stereocenters. The maximum Gasteiger partial charge on any atom is 0.0594 e. The Morgan fingerprint density at radius 3 is 2.67 bits per heavy atom. The van der Waals surface area contributed by atoms with Crippen LogP contribution in [0.1, 0.15) is 5.56 Å². The van der Waals surface area contributed by atoms with Crippen LogP contribution < -0.4 is 0 Å². The van der Waals surface area contributed by atoms with E-state index in [1.54, 1.807) is 0 Å². The molecule has 0 bridgehead atoms. The van der Waals surface area contributed by atoms with Crippen molar-refractivity contribution in [3.63, 3.8) is 0 Å². The lowest BCUT2D eigenvalue weighted by atomic mass is 10.1. The Bertz CT molecular complexity index is 391. The third-order valence-electron chi connectivity index (χ3n) is 3.08. The quantitative estimate of drug-likeness (QED) is 0.737. The maximum atomic E-state index is 5.33. The second-order valence-electron chi connectivity index (χ2n) is 4.64. The molecule has 0 N–H and O–H groups in total. The van der Waals surface area contributed by atoms with Gasteiger partial charge < -0.3 is 4.74 Å². The first kappa shape index (κ1) is 13.1. The summed E-state index contributed by atoms with van der Waals surface area (Å²) in [6.45, 7) is 8.80. The van der Waals surface area contributed by atoms with E-state index >= 15 is 0 Å². The summed E-state index contributed by atoms with van der Waals surface area (Å²) in [6.07, 6.45) is 5.31. The summed E-state index contributed by atoms with van der Waals surface area (Å²) in [7, 11) is 0. The van der Waals surface area contributed by atoms with Gasteiger partial charge in [-0.3, -0.25) is 4.90 Å². The molecule has 1 saturated heterocycles. The van der Waals surface area contributed by atoms with Gasteiger partial charge in [0.05, 0.1) is 13.2 Å². The molecule has 0 aliphatic carbocycles. The van der Waals surface area contributed by atoms with E-state index in [0.717, 1.165) is 39.3 Å². The normalized spacial score (nSPS) is 17.1. The van der Waals surface area contributed by atoms with E-state index in [2.05, 4.69) is 47.9 Å². The lowest BCUT2D eigenvalue weighted by molar-refractivity contribution is 0.0426. The third kappa shape index (κ3) is 4.47. The van der Waals surface area contributed by atoms with Crippen molar-refractivity contribution in [3.8, 4) is 0 Å². The highest BCUT2D eigenvalue weighted by Crippen LogP contribution is 2.05. The van der Waals surface area contributed by atoms with E-state index in [-0.39, 0.29) is 0 Å². The minimum Gasteiger partial charge on any atom is -0.379 e. The van der Waals surface area contributed by atoms with Crippen LogP contribution in [0.3, 0.4) is 0 Å². The van der Waals surface area contributed by atoms with Crippen LogP contribution in [0.15, 0.2) is 54.6 Å². The van der Waals surface area contributed by atoms with Crippen LogP contribution in [0, 0.1) is 0 Å². The van der Waals surface area contributed by atoms with Crippen LogP contribution in [0.2, 0.25) is 0 Å². The van der Waals surface area contributed by atoms with Crippen LogP contribution in [0.4, 0.5) is 0 Å². The summed E-state index contributed by atoms with van der Waals surface area (Å²) >= 11 is 0. The van der Waals surface area contributed by atoms with E-state index in [1.807, 2.05) is 6.07 Å². The SMILES string of the molecule is C=C(/C=C/Cc1ccccc1)CN1CCOCC1. The molecule has 1 heterocycles. The van der Waals surface area contributed by atoms with Crippen molar-refractivity contribution in [2.45, 2.75) is 6.42 Å². The van der Waals surface area contributed by atoms with Crippen molar-refractivity contribution < 1.29 is 4.74 Å². The fourth-order valence-electron chi connectivity index (χ4n) is 2.07. The van der Waals surface area contributed by atoms with E-state index < -0.39 is 0 Å². The summed E-state index contributed by atoms with van der Waals surface area (Å²) in [5, 5.41) is 0. The second kappa shape index (κ2) is 7.14. The Balaban J connectivity index is 1.73. The highest BCUT2D eigenvalue weighted by molar-refractivity contribution is 5.22. The van der Waals surface area contributed by atoms with E-state index in [9.17, 15) is 0 Å². The topological polar surface area (TPSA) is 12.5 Å². The molecule has 0 aromatic heterocycles. The van der Waals surface area contributed by atoms with Gasteiger partial charge in [0.2, 0.25) is 0 Å². The number of benzene rings is 1. The van der Waals surface area contributed by atoms with Crippen LogP contribution in [0.5, 0.6) is 0 Å². The van der Waals surface area contributed by atoms with Gasteiger partial charge in [0.25, 0.3) is 0 Å². The lowest BCUT2D eigenvalue weighted by Crippen LogP contribution is -2.37. The Kier molecular flexibility index (Phi) is 5.18.